The molecule has 1 aliphatic rings. The normalized spacial score (nSPS) is 16.3. The van der Waals surface area contributed by atoms with Crippen LogP contribution in [-0.2, 0) is 4.74 Å². The maximum Gasteiger partial charge on any atom is 0.315 e. The molecule has 0 unspecified atom stereocenters. The van der Waals surface area contributed by atoms with Gasteiger partial charge in [0.15, 0.2) is 0 Å². The van der Waals surface area contributed by atoms with E-state index in [0.29, 0.717) is 16.1 Å². The van der Waals surface area contributed by atoms with Gasteiger partial charge in [-0.2, -0.15) is 0 Å². The van der Waals surface area contributed by atoms with Crippen molar-refractivity contribution in [1.82, 2.24) is 10.2 Å². The molecule has 1 aromatic heterocycles. The monoisotopic (exact) mass is 341 g/mol. The predicted octanol–water partition coefficient (Wildman–Crippen LogP) is 3.23. The van der Waals surface area contributed by atoms with Gasteiger partial charge >= 0.3 is 6.01 Å². The summed E-state index contributed by atoms with van der Waals surface area (Å²) in [5, 5.41) is 11.1. The topological polar surface area (TPSA) is 60.2 Å². The molecular weight excluding hydrogens is 329 g/mol. The zero-order valence-electron chi connectivity index (χ0n) is 10.6. The van der Waals surface area contributed by atoms with Gasteiger partial charge in [0, 0.05) is 23.7 Å². The van der Waals surface area contributed by atoms with Crippen LogP contribution in [0, 0.1) is 5.82 Å². The predicted molar refractivity (Wildman–Crippen MR) is 74.9 cm³/mol. The molecule has 0 aliphatic carbocycles. The van der Waals surface area contributed by atoms with E-state index in [0.717, 1.165) is 26.1 Å². The van der Waals surface area contributed by atoms with Gasteiger partial charge in [-0.05, 0) is 47.0 Å². The third-order valence-corrected chi connectivity index (χ3v) is 3.82. The number of ether oxygens (including phenoxy) is 1. The first kappa shape index (κ1) is 13.5. The van der Waals surface area contributed by atoms with E-state index < -0.39 is 0 Å². The van der Waals surface area contributed by atoms with Gasteiger partial charge in [-0.15, -0.1) is 5.10 Å². The first-order valence-electron chi connectivity index (χ1n) is 6.35. The molecule has 20 heavy (non-hydrogen) atoms. The Hall–Kier alpha value is -1.47. The summed E-state index contributed by atoms with van der Waals surface area (Å²) in [6.45, 7) is 1.46. The smallest absolute Gasteiger partial charge is 0.315 e. The Balaban J connectivity index is 1.77. The lowest BCUT2D eigenvalue weighted by molar-refractivity contribution is 0.0900. The van der Waals surface area contributed by atoms with Gasteiger partial charge in [-0.3, -0.25) is 0 Å². The van der Waals surface area contributed by atoms with Crippen LogP contribution in [0.4, 0.5) is 10.4 Å². The van der Waals surface area contributed by atoms with Crippen molar-refractivity contribution < 1.29 is 13.5 Å². The molecule has 0 radical (unpaired) electrons. The number of nitrogens with zero attached hydrogens (tertiary/aromatic N) is 2. The molecule has 1 aromatic carbocycles. The SMILES string of the molecule is Fc1ccc(Br)c(-c2nnc(NC3CCOCC3)o2)c1. The lowest BCUT2D eigenvalue weighted by atomic mass is 10.1. The molecule has 106 valence electrons. The second-order valence-corrected chi connectivity index (χ2v) is 5.42. The number of hydrogen-bond acceptors (Lipinski definition) is 5. The molecule has 0 atom stereocenters. The molecule has 0 spiro atoms. The van der Waals surface area contributed by atoms with Crippen molar-refractivity contribution in [1.29, 1.82) is 0 Å². The van der Waals surface area contributed by atoms with Crippen molar-refractivity contribution in [2.45, 2.75) is 18.9 Å². The van der Waals surface area contributed by atoms with E-state index in [1.165, 1.54) is 12.1 Å². The zero-order valence-corrected chi connectivity index (χ0v) is 12.2. The first-order chi connectivity index (χ1) is 9.72. The number of hydrogen-bond donors (Lipinski definition) is 1. The number of anilines is 1. The summed E-state index contributed by atoms with van der Waals surface area (Å²) in [4.78, 5) is 0. The van der Waals surface area contributed by atoms with E-state index in [1.54, 1.807) is 6.07 Å². The fraction of sp³-hybridized carbons (Fsp3) is 0.385. The molecule has 5 nitrogen and oxygen atoms in total. The maximum atomic E-state index is 13.3. The Morgan fingerprint density at radius 3 is 2.85 bits per heavy atom. The molecule has 0 saturated carbocycles. The van der Waals surface area contributed by atoms with E-state index in [4.69, 9.17) is 9.15 Å². The van der Waals surface area contributed by atoms with Crippen LogP contribution < -0.4 is 5.32 Å². The van der Waals surface area contributed by atoms with E-state index in [9.17, 15) is 4.39 Å². The minimum Gasteiger partial charge on any atom is -0.403 e. The number of rotatable bonds is 3. The quantitative estimate of drug-likeness (QED) is 0.928. The molecule has 1 saturated heterocycles. The number of halogens is 2. The first-order valence-corrected chi connectivity index (χ1v) is 7.15. The van der Waals surface area contributed by atoms with Gasteiger partial charge in [-0.25, -0.2) is 4.39 Å². The van der Waals surface area contributed by atoms with Crippen LogP contribution in [0.25, 0.3) is 11.5 Å². The van der Waals surface area contributed by atoms with Crippen LogP contribution >= 0.6 is 15.9 Å². The molecule has 2 aromatic rings. The van der Waals surface area contributed by atoms with Crippen molar-refractivity contribution in [2.24, 2.45) is 0 Å². The van der Waals surface area contributed by atoms with Gasteiger partial charge in [-0.1, -0.05) is 5.10 Å². The van der Waals surface area contributed by atoms with Gasteiger partial charge in [0.2, 0.25) is 0 Å². The molecule has 2 heterocycles. The van der Waals surface area contributed by atoms with E-state index in [2.05, 4.69) is 31.4 Å². The van der Waals surface area contributed by atoms with Crippen LogP contribution in [0.2, 0.25) is 0 Å². The Kier molecular flexibility index (Phi) is 3.98. The molecule has 1 aliphatic heterocycles. The fourth-order valence-corrected chi connectivity index (χ4v) is 2.48. The van der Waals surface area contributed by atoms with Crippen molar-refractivity contribution in [3.8, 4) is 11.5 Å². The summed E-state index contributed by atoms with van der Waals surface area (Å²) in [6, 6.07) is 4.96. The minimum absolute atomic E-state index is 0.271. The minimum atomic E-state index is -0.347. The summed E-state index contributed by atoms with van der Waals surface area (Å²) < 4.78 is 24.8. The lowest BCUT2D eigenvalue weighted by Gasteiger charge is -2.21. The van der Waals surface area contributed by atoms with E-state index in [1.807, 2.05) is 0 Å². The lowest BCUT2D eigenvalue weighted by Crippen LogP contribution is -2.27. The highest BCUT2D eigenvalue weighted by Gasteiger charge is 2.17. The standard InChI is InChI=1S/C13H13BrFN3O2/c14-11-2-1-8(15)7-10(11)12-17-18-13(20-12)16-9-3-5-19-6-4-9/h1-2,7,9H,3-6H2,(H,16,18). The summed E-state index contributed by atoms with van der Waals surface area (Å²) in [5.41, 5.74) is 0.539. The molecular formula is C13H13BrFN3O2. The number of nitrogens with one attached hydrogen (secondary N) is 1. The van der Waals surface area contributed by atoms with Gasteiger partial charge in [0.05, 0.1) is 5.56 Å². The van der Waals surface area contributed by atoms with Crippen molar-refractivity contribution in [3.63, 3.8) is 0 Å². The second kappa shape index (κ2) is 5.88. The fourth-order valence-electron chi connectivity index (χ4n) is 2.07. The molecule has 3 rings (SSSR count). The molecule has 1 fully saturated rings. The average molecular weight is 342 g/mol. The third-order valence-electron chi connectivity index (χ3n) is 3.13. The van der Waals surface area contributed by atoms with Crippen molar-refractivity contribution in [2.75, 3.05) is 18.5 Å². The Labute approximate surface area is 123 Å². The van der Waals surface area contributed by atoms with E-state index >= 15 is 0 Å². The van der Waals surface area contributed by atoms with Crippen LogP contribution in [0.5, 0.6) is 0 Å². The average Bonchev–Trinajstić information content (AvgIpc) is 2.91. The third kappa shape index (κ3) is 2.99. The van der Waals surface area contributed by atoms with Crippen LogP contribution in [0.15, 0.2) is 27.1 Å². The van der Waals surface area contributed by atoms with Gasteiger partial charge in [0.1, 0.15) is 5.82 Å². The van der Waals surface area contributed by atoms with Crippen LogP contribution in [-0.4, -0.2) is 29.5 Å². The Morgan fingerprint density at radius 2 is 2.05 bits per heavy atom. The van der Waals surface area contributed by atoms with Gasteiger partial charge < -0.3 is 14.5 Å². The maximum absolute atomic E-state index is 13.3. The van der Waals surface area contributed by atoms with Crippen LogP contribution in [0.1, 0.15) is 12.8 Å². The number of benzene rings is 1. The molecule has 0 amide bonds. The van der Waals surface area contributed by atoms with Crippen molar-refractivity contribution >= 4 is 21.9 Å². The van der Waals surface area contributed by atoms with Gasteiger partial charge in [0.25, 0.3) is 5.89 Å². The summed E-state index contributed by atoms with van der Waals surface area (Å²) in [5.74, 6) is -0.0636. The molecule has 7 heteroatoms. The highest BCUT2D eigenvalue weighted by molar-refractivity contribution is 9.10. The number of aromatic nitrogens is 2. The highest BCUT2D eigenvalue weighted by atomic mass is 79.9. The van der Waals surface area contributed by atoms with Crippen LogP contribution in [0.3, 0.4) is 0 Å². The summed E-state index contributed by atoms with van der Waals surface area (Å²) in [6.07, 6.45) is 1.81. The molecule has 1 N–H and O–H groups in total. The molecule has 0 bridgehead atoms. The summed E-state index contributed by atoms with van der Waals surface area (Å²) >= 11 is 3.34. The highest BCUT2D eigenvalue weighted by Crippen LogP contribution is 2.29. The van der Waals surface area contributed by atoms with E-state index in [-0.39, 0.29) is 17.7 Å². The van der Waals surface area contributed by atoms with Crippen molar-refractivity contribution in [3.05, 3.63) is 28.5 Å². The Morgan fingerprint density at radius 1 is 1.25 bits per heavy atom. The second-order valence-electron chi connectivity index (χ2n) is 4.57. The Bertz CT molecular complexity index is 599. The zero-order chi connectivity index (χ0) is 13.9. The summed E-state index contributed by atoms with van der Waals surface area (Å²) in [7, 11) is 0. The largest absolute Gasteiger partial charge is 0.403 e.